The van der Waals surface area contributed by atoms with Gasteiger partial charge in [-0.15, -0.1) is 0 Å². The molecule has 1 aliphatic rings. The Kier molecular flexibility index (Phi) is 3.19. The lowest BCUT2D eigenvalue weighted by Crippen LogP contribution is -2.41. The second kappa shape index (κ2) is 4.61. The van der Waals surface area contributed by atoms with E-state index in [1.54, 1.807) is 6.07 Å². The molecule has 0 N–H and O–H groups in total. The third-order valence-corrected chi connectivity index (χ3v) is 2.65. The van der Waals surface area contributed by atoms with Crippen LogP contribution in [0.25, 0.3) is 0 Å². The van der Waals surface area contributed by atoms with E-state index in [-0.39, 0.29) is 11.9 Å². The molecule has 3 nitrogen and oxygen atoms in total. The third kappa shape index (κ3) is 2.39. The molecule has 0 bridgehead atoms. The number of nitrogens with zero attached hydrogens (tertiary/aromatic N) is 1. The molecule has 4 heteroatoms. The molecular formula is C12H14FNO2. The van der Waals surface area contributed by atoms with Gasteiger partial charge in [0.2, 0.25) is 0 Å². The summed E-state index contributed by atoms with van der Waals surface area (Å²) in [5, 5.41) is 0. The van der Waals surface area contributed by atoms with Crippen molar-refractivity contribution in [1.29, 1.82) is 0 Å². The topological polar surface area (TPSA) is 29.5 Å². The number of rotatable bonds is 2. The van der Waals surface area contributed by atoms with Gasteiger partial charge in [0.1, 0.15) is 12.1 Å². The first-order valence-electron chi connectivity index (χ1n) is 5.31. The van der Waals surface area contributed by atoms with E-state index < -0.39 is 0 Å². The Morgan fingerprint density at radius 2 is 2.31 bits per heavy atom. The summed E-state index contributed by atoms with van der Waals surface area (Å²) in [6, 6.07) is 4.39. The first-order valence-corrected chi connectivity index (χ1v) is 5.31. The monoisotopic (exact) mass is 223 g/mol. The Balaban J connectivity index is 2.24. The van der Waals surface area contributed by atoms with Crippen LogP contribution in [-0.4, -0.2) is 32.1 Å². The predicted molar refractivity (Wildman–Crippen MR) is 59.4 cm³/mol. The quantitative estimate of drug-likeness (QED) is 0.717. The van der Waals surface area contributed by atoms with E-state index in [2.05, 4.69) is 0 Å². The molecule has 0 aliphatic carbocycles. The van der Waals surface area contributed by atoms with Gasteiger partial charge in [-0.2, -0.15) is 0 Å². The van der Waals surface area contributed by atoms with Crippen LogP contribution in [0, 0.1) is 5.82 Å². The number of aldehydes is 1. The zero-order chi connectivity index (χ0) is 11.5. The van der Waals surface area contributed by atoms with Crippen LogP contribution in [0.3, 0.4) is 0 Å². The van der Waals surface area contributed by atoms with E-state index in [1.807, 2.05) is 11.8 Å². The van der Waals surface area contributed by atoms with Crippen molar-refractivity contribution in [2.45, 2.75) is 13.0 Å². The van der Waals surface area contributed by atoms with Gasteiger partial charge in [-0.1, -0.05) is 0 Å². The molecule has 1 aromatic rings. The molecule has 0 amide bonds. The number of halogens is 1. The Hall–Kier alpha value is -1.42. The maximum atomic E-state index is 13.2. The van der Waals surface area contributed by atoms with Crippen molar-refractivity contribution in [3.8, 4) is 0 Å². The molecule has 1 atom stereocenters. The van der Waals surface area contributed by atoms with Crippen molar-refractivity contribution in [2.24, 2.45) is 0 Å². The highest BCUT2D eigenvalue weighted by Gasteiger charge is 2.17. The minimum absolute atomic E-state index is 0.136. The van der Waals surface area contributed by atoms with E-state index in [4.69, 9.17) is 4.74 Å². The fraction of sp³-hybridized carbons (Fsp3) is 0.417. The third-order valence-electron chi connectivity index (χ3n) is 2.65. The van der Waals surface area contributed by atoms with Gasteiger partial charge in [-0.05, 0) is 25.1 Å². The standard InChI is InChI=1S/C12H14FNO2/c1-9-7-14(2-3-16-9)12-5-10(8-15)4-11(13)6-12/h4-6,8-9H,2-3,7H2,1H3. The number of carbonyl (C=O) groups is 1. The molecule has 2 rings (SSSR count). The number of carbonyl (C=O) groups excluding carboxylic acids is 1. The van der Waals surface area contributed by atoms with E-state index in [9.17, 15) is 9.18 Å². The summed E-state index contributed by atoms with van der Waals surface area (Å²) < 4.78 is 18.7. The Labute approximate surface area is 93.8 Å². The number of anilines is 1. The normalized spacial score (nSPS) is 20.9. The summed E-state index contributed by atoms with van der Waals surface area (Å²) in [5.74, 6) is -0.376. The van der Waals surface area contributed by atoms with E-state index >= 15 is 0 Å². The number of benzene rings is 1. The fourth-order valence-electron chi connectivity index (χ4n) is 1.90. The Morgan fingerprint density at radius 1 is 1.50 bits per heavy atom. The summed E-state index contributed by atoms with van der Waals surface area (Å²) in [6.45, 7) is 4.06. The van der Waals surface area contributed by atoms with Crippen LogP contribution in [0.15, 0.2) is 18.2 Å². The van der Waals surface area contributed by atoms with Gasteiger partial charge < -0.3 is 9.64 Å². The second-order valence-corrected chi connectivity index (χ2v) is 3.99. The highest BCUT2D eigenvalue weighted by atomic mass is 19.1. The lowest BCUT2D eigenvalue weighted by molar-refractivity contribution is 0.0532. The van der Waals surface area contributed by atoms with E-state index in [0.29, 0.717) is 18.5 Å². The molecule has 1 fully saturated rings. The maximum Gasteiger partial charge on any atom is 0.150 e. The average molecular weight is 223 g/mol. The smallest absolute Gasteiger partial charge is 0.150 e. The van der Waals surface area contributed by atoms with Gasteiger partial charge in [0, 0.05) is 24.3 Å². The molecule has 16 heavy (non-hydrogen) atoms. The van der Waals surface area contributed by atoms with Crippen LogP contribution in [0.5, 0.6) is 0 Å². The summed E-state index contributed by atoms with van der Waals surface area (Å²) in [6.07, 6.45) is 0.799. The molecule has 0 saturated carbocycles. The molecule has 0 radical (unpaired) electrons. The first-order chi connectivity index (χ1) is 7.69. The lowest BCUT2D eigenvalue weighted by Gasteiger charge is -2.33. The first kappa shape index (κ1) is 11.1. The van der Waals surface area contributed by atoms with Crippen molar-refractivity contribution in [1.82, 2.24) is 0 Å². The Morgan fingerprint density at radius 3 is 3.00 bits per heavy atom. The zero-order valence-electron chi connectivity index (χ0n) is 9.15. The van der Waals surface area contributed by atoms with Crippen LogP contribution in [0.2, 0.25) is 0 Å². The molecule has 1 saturated heterocycles. The maximum absolute atomic E-state index is 13.2. The second-order valence-electron chi connectivity index (χ2n) is 3.99. The fourth-order valence-corrected chi connectivity index (χ4v) is 1.90. The SMILES string of the molecule is CC1CN(c2cc(F)cc(C=O)c2)CCO1. The molecular weight excluding hydrogens is 209 g/mol. The minimum atomic E-state index is -0.376. The van der Waals surface area contributed by atoms with Crippen molar-refractivity contribution in [2.75, 3.05) is 24.6 Å². The van der Waals surface area contributed by atoms with Crippen molar-refractivity contribution in [3.05, 3.63) is 29.6 Å². The average Bonchev–Trinajstić information content (AvgIpc) is 2.28. The Bertz CT molecular complexity index is 395. The molecule has 1 aliphatic heterocycles. The van der Waals surface area contributed by atoms with Crippen LogP contribution in [-0.2, 0) is 4.74 Å². The van der Waals surface area contributed by atoms with Crippen LogP contribution >= 0.6 is 0 Å². The summed E-state index contributed by atoms with van der Waals surface area (Å²) in [5.41, 5.74) is 1.12. The van der Waals surface area contributed by atoms with Crippen LogP contribution < -0.4 is 4.90 Å². The molecule has 0 spiro atoms. The molecule has 86 valence electrons. The molecule has 0 aromatic heterocycles. The van der Waals surface area contributed by atoms with Gasteiger partial charge in [0.15, 0.2) is 0 Å². The number of hydrogen-bond acceptors (Lipinski definition) is 3. The number of ether oxygens (including phenoxy) is 1. The van der Waals surface area contributed by atoms with Gasteiger partial charge in [0.25, 0.3) is 0 Å². The van der Waals surface area contributed by atoms with Crippen molar-refractivity contribution < 1.29 is 13.9 Å². The minimum Gasteiger partial charge on any atom is -0.375 e. The number of morpholine rings is 1. The summed E-state index contributed by atoms with van der Waals surface area (Å²) >= 11 is 0. The lowest BCUT2D eigenvalue weighted by atomic mass is 10.1. The van der Waals surface area contributed by atoms with Crippen molar-refractivity contribution >= 4 is 12.0 Å². The van der Waals surface area contributed by atoms with Gasteiger partial charge in [0.05, 0.1) is 12.7 Å². The van der Waals surface area contributed by atoms with Crippen molar-refractivity contribution in [3.63, 3.8) is 0 Å². The largest absolute Gasteiger partial charge is 0.375 e. The summed E-state index contributed by atoms with van der Waals surface area (Å²) in [7, 11) is 0. The highest BCUT2D eigenvalue weighted by molar-refractivity contribution is 5.77. The van der Waals surface area contributed by atoms with E-state index in [1.165, 1.54) is 12.1 Å². The van der Waals surface area contributed by atoms with Gasteiger partial charge in [-0.25, -0.2) is 4.39 Å². The number of hydrogen-bond donors (Lipinski definition) is 0. The summed E-state index contributed by atoms with van der Waals surface area (Å²) in [4.78, 5) is 12.7. The zero-order valence-corrected chi connectivity index (χ0v) is 9.15. The highest BCUT2D eigenvalue weighted by Crippen LogP contribution is 2.20. The van der Waals surface area contributed by atoms with Gasteiger partial charge in [-0.3, -0.25) is 4.79 Å². The molecule has 1 heterocycles. The predicted octanol–water partition coefficient (Wildman–Crippen LogP) is 1.86. The van der Waals surface area contributed by atoms with Gasteiger partial charge >= 0.3 is 0 Å². The van der Waals surface area contributed by atoms with E-state index in [0.717, 1.165) is 18.8 Å². The molecule has 1 aromatic carbocycles. The van der Waals surface area contributed by atoms with Crippen LogP contribution in [0.4, 0.5) is 10.1 Å². The van der Waals surface area contributed by atoms with Crippen LogP contribution in [0.1, 0.15) is 17.3 Å². The molecule has 1 unspecified atom stereocenters.